The van der Waals surface area contributed by atoms with E-state index in [0.29, 0.717) is 19.4 Å². The van der Waals surface area contributed by atoms with Gasteiger partial charge in [0.15, 0.2) is 0 Å². The highest BCUT2D eigenvalue weighted by Gasteiger charge is 2.24. The quantitative estimate of drug-likeness (QED) is 0.502. The molecule has 0 fully saturated rings. The van der Waals surface area contributed by atoms with Crippen LogP contribution in [0.25, 0.3) is 0 Å². The van der Waals surface area contributed by atoms with Crippen LogP contribution in [0.5, 0.6) is 0 Å². The minimum atomic E-state index is -3.40. The van der Waals surface area contributed by atoms with E-state index in [1.54, 1.807) is 6.92 Å². The molecule has 86 valence electrons. The highest BCUT2D eigenvalue weighted by Crippen LogP contribution is 2.15. The van der Waals surface area contributed by atoms with E-state index in [2.05, 4.69) is 9.24 Å². The van der Waals surface area contributed by atoms with Crippen LogP contribution in [-0.4, -0.2) is 33.0 Å². The van der Waals surface area contributed by atoms with Crippen molar-refractivity contribution in [3.8, 4) is 0 Å². The van der Waals surface area contributed by atoms with E-state index in [-0.39, 0.29) is 6.61 Å². The van der Waals surface area contributed by atoms with Crippen molar-refractivity contribution in [2.45, 2.75) is 31.4 Å². The standard InChI is InChI=1S/C8H20NO3PS/c1-2-12-14(10,11)8(5-6-9)4-3-7-13/h8H,2-7,9,13H2,1H3. The van der Waals surface area contributed by atoms with Gasteiger partial charge in [-0.15, -0.1) is 9.24 Å². The fourth-order valence-electron chi connectivity index (χ4n) is 1.22. The Morgan fingerprint density at radius 2 is 2.07 bits per heavy atom. The fraction of sp³-hybridized carbons (Fsp3) is 1.00. The Labute approximate surface area is 88.9 Å². The third kappa shape index (κ3) is 5.25. The summed E-state index contributed by atoms with van der Waals surface area (Å²) in [7, 11) is -0.813. The summed E-state index contributed by atoms with van der Waals surface area (Å²) in [6, 6.07) is 0. The summed E-state index contributed by atoms with van der Waals surface area (Å²) >= 11 is 0. The van der Waals surface area contributed by atoms with Crippen LogP contribution in [0.2, 0.25) is 0 Å². The average Bonchev–Trinajstić information content (AvgIpc) is 2.11. The van der Waals surface area contributed by atoms with E-state index >= 15 is 0 Å². The summed E-state index contributed by atoms with van der Waals surface area (Å²) in [5.74, 6) is 0. The molecular formula is C8H20NO3PS. The van der Waals surface area contributed by atoms with E-state index in [0.717, 1.165) is 12.6 Å². The van der Waals surface area contributed by atoms with Crippen molar-refractivity contribution in [1.82, 2.24) is 0 Å². The smallest absolute Gasteiger partial charge is 0.270 e. The molecule has 0 aliphatic heterocycles. The molecule has 0 rings (SSSR count). The van der Waals surface area contributed by atoms with E-state index in [9.17, 15) is 8.42 Å². The fourth-order valence-corrected chi connectivity index (χ4v) is 2.86. The number of rotatable bonds is 8. The number of nitrogens with two attached hydrogens (primary N) is 1. The summed E-state index contributed by atoms with van der Waals surface area (Å²) in [4.78, 5) is 0. The zero-order valence-electron chi connectivity index (χ0n) is 8.61. The molecule has 0 amide bonds. The van der Waals surface area contributed by atoms with Crippen LogP contribution in [-0.2, 0) is 14.3 Å². The van der Waals surface area contributed by atoms with Crippen LogP contribution < -0.4 is 5.73 Å². The third-order valence-electron chi connectivity index (χ3n) is 1.91. The number of hydrogen-bond donors (Lipinski definition) is 1. The van der Waals surface area contributed by atoms with E-state index in [1.165, 1.54) is 0 Å². The molecule has 2 N–H and O–H groups in total. The summed E-state index contributed by atoms with van der Waals surface area (Å²) in [5.41, 5.74) is 5.37. The van der Waals surface area contributed by atoms with E-state index < -0.39 is 15.4 Å². The molecule has 0 heterocycles. The molecule has 0 bridgehead atoms. The van der Waals surface area contributed by atoms with Crippen molar-refractivity contribution < 1.29 is 12.6 Å². The SMILES string of the molecule is CCOS(=O)(=O)C(CCN)CCCP. The maximum atomic E-state index is 11.5. The molecule has 2 atom stereocenters. The lowest BCUT2D eigenvalue weighted by molar-refractivity contribution is 0.327. The van der Waals surface area contributed by atoms with Crippen LogP contribution in [0.1, 0.15) is 26.2 Å². The van der Waals surface area contributed by atoms with Crippen molar-refractivity contribution in [3.05, 3.63) is 0 Å². The monoisotopic (exact) mass is 241 g/mol. The highest BCUT2D eigenvalue weighted by atomic mass is 32.2. The molecule has 0 aromatic heterocycles. The van der Waals surface area contributed by atoms with E-state index in [4.69, 9.17) is 9.92 Å². The van der Waals surface area contributed by atoms with Crippen molar-refractivity contribution in [2.24, 2.45) is 5.73 Å². The van der Waals surface area contributed by atoms with Gasteiger partial charge in [0.2, 0.25) is 0 Å². The predicted molar refractivity (Wildman–Crippen MR) is 61.8 cm³/mol. The maximum absolute atomic E-state index is 11.5. The highest BCUT2D eigenvalue weighted by molar-refractivity contribution is 7.87. The minimum absolute atomic E-state index is 0.199. The molecule has 14 heavy (non-hydrogen) atoms. The van der Waals surface area contributed by atoms with Gasteiger partial charge in [0.1, 0.15) is 0 Å². The molecule has 0 saturated heterocycles. The maximum Gasteiger partial charge on any atom is 0.270 e. The molecule has 0 aromatic carbocycles. The number of hydrogen-bond acceptors (Lipinski definition) is 4. The second-order valence-electron chi connectivity index (χ2n) is 3.03. The molecule has 0 aromatic rings. The summed E-state index contributed by atoms with van der Waals surface area (Å²) in [6.07, 6.45) is 2.88. The van der Waals surface area contributed by atoms with Gasteiger partial charge in [-0.1, -0.05) is 0 Å². The first-order valence-corrected chi connectivity index (χ1v) is 7.15. The van der Waals surface area contributed by atoms with Gasteiger partial charge in [0.05, 0.1) is 11.9 Å². The lowest BCUT2D eigenvalue weighted by atomic mass is 10.2. The van der Waals surface area contributed by atoms with Gasteiger partial charge in [-0.3, -0.25) is 4.18 Å². The lowest BCUT2D eigenvalue weighted by Crippen LogP contribution is -2.26. The van der Waals surface area contributed by atoms with Crippen molar-refractivity contribution in [1.29, 1.82) is 0 Å². The first kappa shape index (κ1) is 14.3. The minimum Gasteiger partial charge on any atom is -0.330 e. The zero-order chi connectivity index (χ0) is 11.0. The van der Waals surface area contributed by atoms with Crippen molar-refractivity contribution in [3.63, 3.8) is 0 Å². The summed E-state index contributed by atoms with van der Waals surface area (Å²) in [6.45, 7) is 2.25. The van der Waals surface area contributed by atoms with Gasteiger partial charge < -0.3 is 5.73 Å². The molecule has 0 spiro atoms. The van der Waals surface area contributed by atoms with Crippen LogP contribution in [0.3, 0.4) is 0 Å². The second-order valence-corrected chi connectivity index (χ2v) is 5.49. The zero-order valence-corrected chi connectivity index (χ0v) is 10.6. The van der Waals surface area contributed by atoms with Gasteiger partial charge in [-0.25, -0.2) is 0 Å². The molecule has 2 unspecified atom stereocenters. The Morgan fingerprint density at radius 3 is 2.50 bits per heavy atom. The topological polar surface area (TPSA) is 69.4 Å². The van der Waals surface area contributed by atoms with Crippen LogP contribution >= 0.6 is 9.24 Å². The second kappa shape index (κ2) is 7.57. The first-order valence-electron chi connectivity index (χ1n) is 4.86. The molecule has 0 aliphatic rings. The van der Waals surface area contributed by atoms with Gasteiger partial charge >= 0.3 is 0 Å². The average molecular weight is 241 g/mol. The third-order valence-corrected chi connectivity index (χ3v) is 4.17. The Balaban J connectivity index is 4.30. The van der Waals surface area contributed by atoms with Crippen LogP contribution in [0.15, 0.2) is 0 Å². The molecule has 6 heteroatoms. The first-order chi connectivity index (χ1) is 6.58. The Morgan fingerprint density at radius 1 is 1.43 bits per heavy atom. The Hall–Kier alpha value is 0.300. The lowest BCUT2D eigenvalue weighted by Gasteiger charge is -2.15. The van der Waals surface area contributed by atoms with Gasteiger partial charge in [0, 0.05) is 0 Å². The molecule has 4 nitrogen and oxygen atoms in total. The normalized spacial score (nSPS) is 14.2. The van der Waals surface area contributed by atoms with Crippen molar-refractivity contribution in [2.75, 3.05) is 19.3 Å². The van der Waals surface area contributed by atoms with Crippen LogP contribution in [0, 0.1) is 0 Å². The van der Waals surface area contributed by atoms with Gasteiger partial charge in [0.25, 0.3) is 10.1 Å². The molecule has 0 aliphatic carbocycles. The van der Waals surface area contributed by atoms with Gasteiger partial charge in [-0.2, -0.15) is 8.42 Å². The predicted octanol–water partition coefficient (Wildman–Crippen LogP) is 0.725. The van der Waals surface area contributed by atoms with Crippen LogP contribution in [0.4, 0.5) is 0 Å². The molecule has 0 saturated carbocycles. The Kier molecular flexibility index (Phi) is 7.74. The Bertz CT molecular complexity index is 231. The van der Waals surface area contributed by atoms with Crippen molar-refractivity contribution >= 4 is 19.4 Å². The largest absolute Gasteiger partial charge is 0.330 e. The summed E-state index contributed by atoms with van der Waals surface area (Å²) < 4.78 is 27.8. The molecular weight excluding hydrogens is 221 g/mol. The van der Waals surface area contributed by atoms with E-state index in [1.807, 2.05) is 0 Å². The summed E-state index contributed by atoms with van der Waals surface area (Å²) in [5, 5.41) is -0.437. The van der Waals surface area contributed by atoms with Gasteiger partial charge in [-0.05, 0) is 38.9 Å². The molecule has 0 radical (unpaired) electrons.